The molecular weight excluding hydrogens is 134 g/mol. The summed E-state index contributed by atoms with van der Waals surface area (Å²) in [5, 5.41) is 18.0. The second-order valence-electron chi connectivity index (χ2n) is 1.99. The number of hydroxylamine groups is 3. The van der Waals surface area contributed by atoms with Gasteiger partial charge in [-0.2, -0.15) is 4.65 Å². The van der Waals surface area contributed by atoms with Gasteiger partial charge in [-0.05, 0) is 0 Å². The Morgan fingerprint density at radius 3 is 2.70 bits per heavy atom. The van der Waals surface area contributed by atoms with Gasteiger partial charge in [0.05, 0.1) is 28.6 Å². The van der Waals surface area contributed by atoms with E-state index in [1.807, 2.05) is 0 Å². The molecule has 0 amide bonds. The highest BCUT2D eigenvalue weighted by Gasteiger charge is 2.10. The lowest BCUT2D eigenvalue weighted by Gasteiger charge is -2.18. The highest BCUT2D eigenvalue weighted by atomic mass is 16.5. The highest BCUT2D eigenvalue weighted by Crippen LogP contribution is 1.96. The number of carbonyl (C=O) groups is 1. The minimum atomic E-state index is -3.14. The van der Waals surface area contributed by atoms with Gasteiger partial charge in [-0.1, -0.05) is 0 Å². The van der Waals surface area contributed by atoms with Gasteiger partial charge >= 0.3 is 5.97 Å². The van der Waals surface area contributed by atoms with Crippen molar-refractivity contribution in [2.24, 2.45) is 0 Å². The maximum absolute atomic E-state index is 10.2. The summed E-state index contributed by atoms with van der Waals surface area (Å²) < 4.78 is 39.7. The van der Waals surface area contributed by atoms with Crippen molar-refractivity contribution in [3.05, 3.63) is 0 Å². The molecule has 0 aromatic rings. The molecule has 0 saturated heterocycles. The summed E-state index contributed by atoms with van der Waals surface area (Å²) in [6.07, 6.45) is -0.630. The van der Waals surface area contributed by atoms with E-state index in [0.717, 1.165) is 0 Å². The molecule has 4 heteroatoms. The fourth-order valence-corrected chi connectivity index (χ4v) is 0.459. The molecule has 0 aromatic carbocycles. The van der Waals surface area contributed by atoms with E-state index in [1.165, 1.54) is 0 Å². The van der Waals surface area contributed by atoms with E-state index in [1.54, 1.807) is 0 Å². The number of quaternary nitrogens is 1. The van der Waals surface area contributed by atoms with Crippen LogP contribution in [0.25, 0.3) is 0 Å². The fourth-order valence-electron chi connectivity index (χ4n) is 0.459. The van der Waals surface area contributed by atoms with Crippen molar-refractivity contribution in [1.29, 1.82) is 0 Å². The molecule has 0 aromatic heterocycles. The first-order valence-electron chi connectivity index (χ1n) is 5.74. The molecule has 0 radical (unpaired) electrons. The van der Waals surface area contributed by atoms with Crippen LogP contribution in [0.3, 0.4) is 0 Å². The average Bonchev–Trinajstić information content (AvgIpc) is 1.98. The predicted octanol–water partition coefficient (Wildman–Crippen LogP) is 0.317. The first-order valence-corrected chi connectivity index (χ1v) is 2.74. The van der Waals surface area contributed by atoms with Crippen LogP contribution in [-0.4, -0.2) is 41.4 Å². The molecule has 0 rings (SSSR count). The van der Waals surface area contributed by atoms with E-state index < -0.39 is 37.5 Å². The number of carboxylic acid groups (broad SMARTS) is 1. The van der Waals surface area contributed by atoms with Crippen LogP contribution in [0.4, 0.5) is 0 Å². The Hall–Kier alpha value is -0.610. The lowest BCUT2D eigenvalue weighted by Crippen LogP contribution is -2.36. The minimum Gasteiger partial charge on any atom is -0.481 e. The quantitative estimate of drug-likeness (QED) is 0.453. The number of carboxylic acids is 1. The van der Waals surface area contributed by atoms with Crippen molar-refractivity contribution in [3.63, 3.8) is 0 Å². The van der Waals surface area contributed by atoms with Gasteiger partial charge in [-0.3, -0.25) is 4.79 Å². The zero-order chi connectivity index (χ0) is 13.2. The second kappa shape index (κ2) is 3.53. The predicted molar refractivity (Wildman–Crippen MR) is 35.6 cm³/mol. The van der Waals surface area contributed by atoms with Gasteiger partial charge in [0.1, 0.15) is 6.54 Å². The maximum Gasteiger partial charge on any atom is 0.303 e. The second-order valence-corrected chi connectivity index (χ2v) is 1.99. The van der Waals surface area contributed by atoms with Crippen molar-refractivity contribution in [2.45, 2.75) is 12.8 Å². The van der Waals surface area contributed by atoms with Crippen LogP contribution in [-0.2, 0) is 4.79 Å². The lowest BCUT2D eigenvalue weighted by molar-refractivity contribution is -1.07. The third-order valence-electron chi connectivity index (χ3n) is 0.872. The van der Waals surface area contributed by atoms with Gasteiger partial charge in [-0.25, -0.2) is 5.21 Å². The number of hydrogen-bond donors (Lipinski definition) is 2. The summed E-state index contributed by atoms with van der Waals surface area (Å²) in [5.41, 5.74) is 0. The van der Waals surface area contributed by atoms with Crippen molar-refractivity contribution < 1.29 is 28.0 Å². The Bertz CT molecular complexity index is 246. The topological polar surface area (TPSA) is 57.5 Å². The molecule has 0 spiro atoms. The van der Waals surface area contributed by atoms with Gasteiger partial charge in [0, 0.05) is 6.42 Å². The molecule has 2 N–H and O–H groups in total. The number of nitrogens with zero attached hydrogens (tertiary/aromatic N) is 1. The zero-order valence-corrected chi connectivity index (χ0v) is 5.37. The van der Waals surface area contributed by atoms with Crippen molar-refractivity contribution in [2.75, 3.05) is 20.5 Å². The monoisotopic (exact) mass is 154 g/mol. The summed E-state index contributed by atoms with van der Waals surface area (Å²) in [5.74, 6) is -1.18. The third kappa shape index (κ3) is 7.39. The van der Waals surface area contributed by atoms with E-state index in [9.17, 15) is 10.0 Å². The Labute approximate surface area is 68.7 Å². The van der Waals surface area contributed by atoms with Crippen molar-refractivity contribution >= 4 is 5.97 Å². The summed E-state index contributed by atoms with van der Waals surface area (Å²) in [6, 6.07) is 0. The van der Waals surface area contributed by atoms with Gasteiger partial charge in [0.25, 0.3) is 0 Å². The van der Waals surface area contributed by atoms with Gasteiger partial charge in [0.15, 0.2) is 0 Å². The molecule has 0 saturated carbocycles. The number of rotatable bonds is 4. The molecule has 0 heterocycles. The zero-order valence-electron chi connectivity index (χ0n) is 11.4. The van der Waals surface area contributed by atoms with E-state index >= 15 is 0 Å². The van der Waals surface area contributed by atoms with Crippen molar-refractivity contribution in [3.8, 4) is 0 Å². The SMILES string of the molecule is [2H]C([2H])([2H])[N+](O)(CCCC(=O)O)C([2H])([2H])[2H]. The van der Waals surface area contributed by atoms with Gasteiger partial charge in [0.2, 0.25) is 0 Å². The van der Waals surface area contributed by atoms with Crippen LogP contribution in [0.15, 0.2) is 0 Å². The molecule has 10 heavy (non-hydrogen) atoms. The summed E-state index contributed by atoms with van der Waals surface area (Å²) in [7, 11) is 0. The Kier molecular flexibility index (Phi) is 1.13. The van der Waals surface area contributed by atoms with Crippen LogP contribution in [0.5, 0.6) is 0 Å². The highest BCUT2D eigenvalue weighted by molar-refractivity contribution is 5.66. The number of aliphatic carboxylic acids is 1. The molecule has 60 valence electrons. The Morgan fingerprint density at radius 1 is 1.70 bits per heavy atom. The van der Waals surface area contributed by atoms with Crippen LogP contribution < -0.4 is 0 Å². The van der Waals surface area contributed by atoms with E-state index in [-0.39, 0.29) is 6.42 Å². The molecule has 0 aliphatic heterocycles. The van der Waals surface area contributed by atoms with E-state index in [4.69, 9.17) is 13.3 Å². The smallest absolute Gasteiger partial charge is 0.303 e. The van der Waals surface area contributed by atoms with Crippen LogP contribution >= 0.6 is 0 Å². The summed E-state index contributed by atoms with van der Waals surface area (Å²) in [4.78, 5) is 10.2. The minimum absolute atomic E-state index is 0.234. The normalized spacial score (nSPS) is 22.9. The van der Waals surface area contributed by atoms with Gasteiger partial charge < -0.3 is 5.11 Å². The third-order valence-corrected chi connectivity index (χ3v) is 0.872. The molecule has 0 unspecified atom stereocenters. The first kappa shape index (κ1) is 3.19. The van der Waals surface area contributed by atoms with Crippen LogP contribution in [0.2, 0.25) is 0 Å². The molecule has 0 fully saturated rings. The first-order chi connectivity index (χ1) is 6.92. The van der Waals surface area contributed by atoms with Gasteiger partial charge in [-0.15, -0.1) is 0 Å². The molecule has 0 aliphatic carbocycles. The van der Waals surface area contributed by atoms with Crippen LogP contribution in [0, 0.1) is 0 Å². The molecule has 0 atom stereocenters. The van der Waals surface area contributed by atoms with E-state index in [2.05, 4.69) is 0 Å². The standard InChI is InChI=1S/C6H13NO3/c1-7(2,10)5-3-4-6(8)9/h10H,3-5H2,1-2H3/p+1/i1D3,2D3. The summed E-state index contributed by atoms with van der Waals surface area (Å²) in [6.45, 7) is -6.94. The molecule has 4 nitrogen and oxygen atoms in total. The molecule has 0 bridgehead atoms. The van der Waals surface area contributed by atoms with Crippen LogP contribution in [0.1, 0.15) is 21.1 Å². The number of hydrogen-bond acceptors (Lipinski definition) is 2. The largest absolute Gasteiger partial charge is 0.481 e. The van der Waals surface area contributed by atoms with E-state index in [0.29, 0.717) is 0 Å². The average molecular weight is 154 g/mol. The maximum atomic E-state index is 10.2. The Morgan fingerprint density at radius 2 is 2.30 bits per heavy atom. The summed E-state index contributed by atoms with van der Waals surface area (Å²) >= 11 is 0. The van der Waals surface area contributed by atoms with Crippen molar-refractivity contribution in [1.82, 2.24) is 0 Å². The fraction of sp³-hybridized carbons (Fsp3) is 0.833. The Balaban J connectivity index is 4.78. The molecule has 0 aliphatic rings. The molecular formula is C6H14NO3+. The lowest BCUT2D eigenvalue weighted by atomic mass is 10.3.